The predicted octanol–water partition coefficient (Wildman–Crippen LogP) is 5.01. The van der Waals surface area contributed by atoms with Crippen LogP contribution < -0.4 is 10.0 Å². The van der Waals surface area contributed by atoms with Gasteiger partial charge in [0.25, 0.3) is 15.9 Å². The Bertz CT molecular complexity index is 1130. The molecule has 0 heterocycles. The van der Waals surface area contributed by atoms with Crippen molar-refractivity contribution in [3.63, 3.8) is 0 Å². The van der Waals surface area contributed by atoms with Crippen LogP contribution in [0.15, 0.2) is 71.6 Å². The van der Waals surface area contributed by atoms with Crippen LogP contribution in [0.1, 0.15) is 21.5 Å². The van der Waals surface area contributed by atoms with Gasteiger partial charge in [-0.2, -0.15) is 0 Å². The highest BCUT2D eigenvalue weighted by molar-refractivity contribution is 7.92. The third-order valence-corrected chi connectivity index (χ3v) is 6.00. The monoisotopic (exact) mass is 414 g/mol. The number of carbonyl (C=O) groups excluding carboxylic acids is 1. The van der Waals surface area contributed by atoms with Crippen LogP contribution in [-0.4, -0.2) is 14.3 Å². The molecule has 0 saturated carbocycles. The number of anilines is 2. The second-order valence-electron chi connectivity index (χ2n) is 6.36. The highest BCUT2D eigenvalue weighted by atomic mass is 35.5. The molecule has 5 nitrogen and oxygen atoms in total. The summed E-state index contributed by atoms with van der Waals surface area (Å²) in [7, 11) is -3.87. The number of hydrogen-bond donors (Lipinski definition) is 2. The fourth-order valence-electron chi connectivity index (χ4n) is 2.67. The molecule has 0 aliphatic rings. The van der Waals surface area contributed by atoms with Crippen LogP contribution in [0.25, 0.3) is 0 Å². The van der Waals surface area contributed by atoms with Crippen LogP contribution in [0, 0.1) is 13.8 Å². The quantitative estimate of drug-likeness (QED) is 0.616. The highest BCUT2D eigenvalue weighted by Gasteiger charge is 2.19. The van der Waals surface area contributed by atoms with E-state index in [4.69, 9.17) is 11.6 Å². The second-order valence-corrected chi connectivity index (χ2v) is 8.45. The maximum Gasteiger partial charge on any atom is 0.262 e. The minimum absolute atomic E-state index is 0.0416. The Morgan fingerprint density at radius 1 is 0.893 bits per heavy atom. The van der Waals surface area contributed by atoms with Gasteiger partial charge in [-0.05, 0) is 67.4 Å². The van der Waals surface area contributed by atoms with Gasteiger partial charge < -0.3 is 5.32 Å². The number of rotatable bonds is 5. The molecular formula is C21H19ClN2O3S. The van der Waals surface area contributed by atoms with Crippen LogP contribution in [0.5, 0.6) is 0 Å². The first-order valence-electron chi connectivity index (χ1n) is 8.52. The zero-order valence-corrected chi connectivity index (χ0v) is 16.9. The summed E-state index contributed by atoms with van der Waals surface area (Å²) in [6.07, 6.45) is 0. The molecule has 7 heteroatoms. The molecule has 0 saturated heterocycles. The molecule has 0 aliphatic carbocycles. The number of hydrogen-bond acceptors (Lipinski definition) is 3. The van der Waals surface area contributed by atoms with Crippen molar-refractivity contribution in [3.05, 3.63) is 88.4 Å². The number of amides is 1. The zero-order valence-electron chi connectivity index (χ0n) is 15.4. The molecule has 0 atom stereocenters. The lowest BCUT2D eigenvalue weighted by Gasteiger charge is -2.13. The standard InChI is InChI=1S/C21H19ClN2O3S/c1-14-5-3-4-6-19(14)23-21(25)16-8-7-15(2)20(13-16)28(26,27)24-18-11-9-17(22)10-12-18/h3-13,24H,1-2H3,(H,23,25). The van der Waals surface area contributed by atoms with Crippen LogP contribution in [0.4, 0.5) is 11.4 Å². The minimum atomic E-state index is -3.87. The van der Waals surface area contributed by atoms with E-state index in [1.165, 1.54) is 6.07 Å². The lowest BCUT2D eigenvalue weighted by molar-refractivity contribution is 0.102. The summed E-state index contributed by atoms with van der Waals surface area (Å²) in [5.74, 6) is -0.378. The molecule has 144 valence electrons. The minimum Gasteiger partial charge on any atom is -0.322 e. The Morgan fingerprint density at radius 2 is 1.57 bits per heavy atom. The summed E-state index contributed by atoms with van der Waals surface area (Å²) in [5.41, 5.74) is 2.77. The Labute approximate surface area is 169 Å². The molecule has 2 N–H and O–H groups in total. The number of halogens is 1. The summed E-state index contributed by atoms with van der Waals surface area (Å²) in [4.78, 5) is 12.7. The molecular weight excluding hydrogens is 396 g/mol. The van der Waals surface area contributed by atoms with Crippen LogP contribution in [-0.2, 0) is 10.0 Å². The molecule has 0 radical (unpaired) electrons. The molecule has 1 amide bonds. The van der Waals surface area contributed by atoms with Crippen molar-refractivity contribution in [2.45, 2.75) is 18.7 Å². The fraction of sp³-hybridized carbons (Fsp3) is 0.0952. The normalized spacial score (nSPS) is 11.1. The SMILES string of the molecule is Cc1ccccc1NC(=O)c1ccc(C)c(S(=O)(=O)Nc2ccc(Cl)cc2)c1. The summed E-state index contributed by atoms with van der Waals surface area (Å²) in [6, 6.07) is 18.3. The van der Waals surface area contributed by atoms with Crippen molar-refractivity contribution in [1.82, 2.24) is 0 Å². The zero-order chi connectivity index (χ0) is 20.3. The average Bonchev–Trinajstić information content (AvgIpc) is 2.65. The number of para-hydroxylation sites is 1. The largest absolute Gasteiger partial charge is 0.322 e. The Kier molecular flexibility index (Phi) is 5.72. The van der Waals surface area contributed by atoms with Gasteiger partial charge in [0.2, 0.25) is 0 Å². The van der Waals surface area contributed by atoms with Gasteiger partial charge in [-0.3, -0.25) is 9.52 Å². The average molecular weight is 415 g/mol. The van der Waals surface area contributed by atoms with Crippen LogP contribution in [0.3, 0.4) is 0 Å². The van der Waals surface area contributed by atoms with Gasteiger partial charge in [-0.25, -0.2) is 8.42 Å². The first kappa shape index (κ1) is 19.9. The van der Waals surface area contributed by atoms with Crippen molar-refractivity contribution in [2.75, 3.05) is 10.0 Å². The van der Waals surface area contributed by atoms with Crippen molar-refractivity contribution in [2.24, 2.45) is 0 Å². The van der Waals surface area contributed by atoms with E-state index in [9.17, 15) is 13.2 Å². The Morgan fingerprint density at radius 3 is 2.25 bits per heavy atom. The fourth-order valence-corrected chi connectivity index (χ4v) is 4.12. The summed E-state index contributed by atoms with van der Waals surface area (Å²) >= 11 is 5.84. The van der Waals surface area contributed by atoms with Crippen molar-refractivity contribution < 1.29 is 13.2 Å². The molecule has 0 bridgehead atoms. The van der Waals surface area contributed by atoms with Crippen molar-refractivity contribution in [3.8, 4) is 0 Å². The molecule has 0 spiro atoms. The van der Waals surface area contributed by atoms with E-state index in [1.54, 1.807) is 49.4 Å². The number of benzene rings is 3. The molecule has 0 aliphatic heterocycles. The molecule has 3 rings (SSSR count). The van der Waals surface area contributed by atoms with Gasteiger partial charge in [0.1, 0.15) is 0 Å². The smallest absolute Gasteiger partial charge is 0.262 e. The molecule has 0 aromatic heterocycles. The molecule has 3 aromatic carbocycles. The summed E-state index contributed by atoms with van der Waals surface area (Å²) < 4.78 is 28.1. The number of sulfonamides is 1. The highest BCUT2D eigenvalue weighted by Crippen LogP contribution is 2.23. The van der Waals surface area contributed by atoms with Crippen molar-refractivity contribution >= 4 is 38.9 Å². The second kappa shape index (κ2) is 8.04. The molecule has 28 heavy (non-hydrogen) atoms. The van der Waals surface area contributed by atoms with E-state index < -0.39 is 10.0 Å². The van der Waals surface area contributed by atoms with E-state index in [-0.39, 0.29) is 16.4 Å². The van der Waals surface area contributed by atoms with Crippen LogP contribution >= 0.6 is 11.6 Å². The van der Waals surface area contributed by atoms with Gasteiger partial charge in [0.05, 0.1) is 4.90 Å². The van der Waals surface area contributed by atoms with Gasteiger partial charge in [-0.1, -0.05) is 35.9 Å². The van der Waals surface area contributed by atoms with E-state index in [1.807, 2.05) is 25.1 Å². The maximum absolute atomic E-state index is 12.8. The van der Waals surface area contributed by atoms with Gasteiger partial charge in [0.15, 0.2) is 0 Å². The molecule has 0 fully saturated rings. The van der Waals surface area contributed by atoms with Crippen molar-refractivity contribution in [1.29, 1.82) is 0 Å². The first-order chi connectivity index (χ1) is 13.3. The number of aryl methyl sites for hydroxylation is 2. The maximum atomic E-state index is 12.8. The van der Waals surface area contributed by atoms with E-state index >= 15 is 0 Å². The van der Waals surface area contributed by atoms with Gasteiger partial charge in [0, 0.05) is 22.0 Å². The first-order valence-corrected chi connectivity index (χ1v) is 10.4. The third-order valence-electron chi connectivity index (χ3n) is 4.23. The van der Waals surface area contributed by atoms with E-state index in [2.05, 4.69) is 10.0 Å². The Hall–Kier alpha value is -2.83. The predicted molar refractivity (Wildman–Crippen MR) is 113 cm³/mol. The molecule has 3 aromatic rings. The third kappa shape index (κ3) is 4.52. The lowest BCUT2D eigenvalue weighted by atomic mass is 10.1. The Balaban J connectivity index is 1.89. The van der Waals surface area contributed by atoms with E-state index in [0.29, 0.717) is 22.0 Å². The summed E-state index contributed by atoms with van der Waals surface area (Å²) in [5, 5.41) is 3.32. The topological polar surface area (TPSA) is 75.3 Å². The number of nitrogens with one attached hydrogen (secondary N) is 2. The molecule has 0 unspecified atom stereocenters. The van der Waals surface area contributed by atoms with Gasteiger partial charge >= 0.3 is 0 Å². The van der Waals surface area contributed by atoms with Gasteiger partial charge in [-0.15, -0.1) is 0 Å². The van der Waals surface area contributed by atoms with Crippen LogP contribution in [0.2, 0.25) is 5.02 Å². The lowest BCUT2D eigenvalue weighted by Crippen LogP contribution is -2.17. The summed E-state index contributed by atoms with van der Waals surface area (Å²) in [6.45, 7) is 3.57. The van der Waals surface area contributed by atoms with E-state index in [0.717, 1.165) is 5.56 Å². The number of carbonyl (C=O) groups is 1.